The SMILES string of the molecule is Cc1ccc(CNc2ccc(C(=O)OC(=O)c3ccc(NCc4ccc(C)s4)cc3)cc2)s1. The maximum absolute atomic E-state index is 12.4. The third-order valence-corrected chi connectivity index (χ3v) is 6.95. The summed E-state index contributed by atoms with van der Waals surface area (Å²) >= 11 is 3.49. The van der Waals surface area contributed by atoms with E-state index in [0.717, 1.165) is 24.5 Å². The van der Waals surface area contributed by atoms with Gasteiger partial charge in [0.2, 0.25) is 0 Å². The Morgan fingerprint density at radius 1 is 0.636 bits per heavy atom. The first kappa shape index (κ1) is 22.8. The van der Waals surface area contributed by atoms with Crippen LogP contribution in [-0.4, -0.2) is 11.9 Å². The molecule has 4 aromatic rings. The average Bonchev–Trinajstić information content (AvgIpc) is 3.44. The summed E-state index contributed by atoms with van der Waals surface area (Å²) in [5.74, 6) is -1.34. The summed E-state index contributed by atoms with van der Waals surface area (Å²) in [5, 5.41) is 6.64. The summed E-state index contributed by atoms with van der Waals surface area (Å²) in [4.78, 5) is 29.8. The van der Waals surface area contributed by atoms with Gasteiger partial charge in [0.05, 0.1) is 11.1 Å². The largest absolute Gasteiger partial charge is 0.386 e. The number of esters is 2. The van der Waals surface area contributed by atoms with Gasteiger partial charge in [0.25, 0.3) is 0 Å². The minimum absolute atomic E-state index is 0.324. The van der Waals surface area contributed by atoms with E-state index in [4.69, 9.17) is 4.74 Å². The standard InChI is InChI=1S/C26H24N2O3S2/c1-17-3-13-23(32-17)15-27-21-9-5-19(6-10-21)25(29)31-26(30)20-7-11-22(12-8-20)28-16-24-14-4-18(2)33-24/h3-14,27-28H,15-16H2,1-2H3. The summed E-state index contributed by atoms with van der Waals surface area (Å²) in [5.41, 5.74) is 2.44. The fourth-order valence-corrected chi connectivity index (χ4v) is 4.85. The van der Waals surface area contributed by atoms with Crippen molar-refractivity contribution in [1.82, 2.24) is 0 Å². The van der Waals surface area contributed by atoms with Crippen LogP contribution in [0.1, 0.15) is 40.2 Å². The van der Waals surface area contributed by atoms with Crippen LogP contribution < -0.4 is 10.6 Å². The quantitative estimate of drug-likeness (QED) is 0.220. The van der Waals surface area contributed by atoms with Crippen molar-refractivity contribution in [3.63, 3.8) is 0 Å². The Labute approximate surface area is 201 Å². The zero-order valence-electron chi connectivity index (χ0n) is 18.4. The van der Waals surface area contributed by atoms with Crippen LogP contribution >= 0.6 is 22.7 Å². The van der Waals surface area contributed by atoms with Crippen molar-refractivity contribution in [3.8, 4) is 0 Å². The molecule has 33 heavy (non-hydrogen) atoms. The smallest absolute Gasteiger partial charge is 0.346 e. The lowest BCUT2D eigenvalue weighted by Crippen LogP contribution is -2.13. The highest BCUT2D eigenvalue weighted by atomic mass is 32.1. The molecule has 0 amide bonds. The maximum Gasteiger partial charge on any atom is 0.346 e. The van der Waals surface area contributed by atoms with Crippen LogP contribution in [0.2, 0.25) is 0 Å². The minimum atomic E-state index is -0.671. The fourth-order valence-electron chi connectivity index (χ4n) is 3.19. The van der Waals surface area contributed by atoms with Crippen molar-refractivity contribution in [2.75, 3.05) is 10.6 Å². The third-order valence-electron chi connectivity index (χ3n) is 4.95. The first-order valence-electron chi connectivity index (χ1n) is 10.5. The van der Waals surface area contributed by atoms with Gasteiger partial charge in [0.1, 0.15) is 0 Å². The van der Waals surface area contributed by atoms with Crippen molar-refractivity contribution < 1.29 is 14.3 Å². The lowest BCUT2D eigenvalue weighted by Gasteiger charge is -2.08. The molecule has 7 heteroatoms. The molecule has 2 N–H and O–H groups in total. The van der Waals surface area contributed by atoms with Crippen LogP contribution in [0.5, 0.6) is 0 Å². The third kappa shape index (κ3) is 6.31. The van der Waals surface area contributed by atoms with E-state index in [1.165, 1.54) is 19.5 Å². The van der Waals surface area contributed by atoms with Crippen molar-refractivity contribution in [2.45, 2.75) is 26.9 Å². The molecule has 2 heterocycles. The number of anilines is 2. The highest BCUT2D eigenvalue weighted by Gasteiger charge is 2.15. The van der Waals surface area contributed by atoms with Crippen LogP contribution in [0.25, 0.3) is 0 Å². The molecule has 2 aromatic carbocycles. The Balaban J connectivity index is 1.28. The molecule has 0 bridgehead atoms. The molecule has 168 valence electrons. The molecule has 5 nitrogen and oxygen atoms in total. The van der Waals surface area contributed by atoms with E-state index in [9.17, 15) is 9.59 Å². The topological polar surface area (TPSA) is 67.4 Å². The lowest BCUT2D eigenvalue weighted by atomic mass is 10.2. The number of benzene rings is 2. The van der Waals surface area contributed by atoms with Crippen LogP contribution in [0, 0.1) is 13.8 Å². The van der Waals surface area contributed by atoms with Gasteiger partial charge in [-0.05, 0) is 86.6 Å². The molecular weight excluding hydrogens is 452 g/mol. The van der Waals surface area contributed by atoms with E-state index in [1.54, 1.807) is 71.2 Å². The van der Waals surface area contributed by atoms with E-state index in [1.807, 2.05) is 0 Å². The zero-order valence-corrected chi connectivity index (χ0v) is 20.0. The molecule has 0 saturated carbocycles. The molecule has 0 radical (unpaired) electrons. The van der Waals surface area contributed by atoms with Gasteiger partial charge >= 0.3 is 11.9 Å². The molecule has 0 aliphatic heterocycles. The predicted octanol–water partition coefficient (Wildman–Crippen LogP) is 6.65. The molecule has 0 fully saturated rings. The van der Waals surface area contributed by atoms with E-state index < -0.39 is 11.9 Å². The highest BCUT2D eigenvalue weighted by Crippen LogP contribution is 2.19. The number of carbonyl (C=O) groups is 2. The van der Waals surface area contributed by atoms with Crippen molar-refractivity contribution in [1.29, 1.82) is 0 Å². The van der Waals surface area contributed by atoms with Gasteiger partial charge < -0.3 is 15.4 Å². The predicted molar refractivity (Wildman–Crippen MR) is 135 cm³/mol. The molecule has 2 aromatic heterocycles. The molecule has 0 aliphatic carbocycles. The Bertz CT molecular complexity index is 1140. The Hall–Kier alpha value is -3.42. The number of nitrogens with one attached hydrogen (secondary N) is 2. The molecule has 0 unspecified atom stereocenters. The van der Waals surface area contributed by atoms with Gasteiger partial charge in [-0.15, -0.1) is 22.7 Å². The molecular formula is C26H24N2O3S2. The number of thiophene rings is 2. The summed E-state index contributed by atoms with van der Waals surface area (Å²) in [6, 6.07) is 22.2. The normalized spacial score (nSPS) is 10.6. The summed E-state index contributed by atoms with van der Waals surface area (Å²) < 4.78 is 5.05. The van der Waals surface area contributed by atoms with Crippen LogP contribution in [0.15, 0.2) is 72.8 Å². The van der Waals surface area contributed by atoms with Crippen LogP contribution in [0.3, 0.4) is 0 Å². The van der Waals surface area contributed by atoms with E-state index in [-0.39, 0.29) is 0 Å². The lowest BCUT2D eigenvalue weighted by molar-refractivity contribution is 0.0398. The Morgan fingerprint density at radius 2 is 1.03 bits per heavy atom. The fraction of sp³-hybridized carbons (Fsp3) is 0.154. The summed E-state index contributed by atoms with van der Waals surface area (Å²) in [6.07, 6.45) is 0. The second kappa shape index (κ2) is 10.5. The van der Waals surface area contributed by atoms with Gasteiger partial charge in [0, 0.05) is 44.0 Å². The zero-order chi connectivity index (χ0) is 23.2. The van der Waals surface area contributed by atoms with Crippen molar-refractivity contribution >= 4 is 46.0 Å². The number of rotatable bonds is 8. The Morgan fingerprint density at radius 3 is 1.36 bits per heavy atom. The van der Waals surface area contributed by atoms with Crippen LogP contribution in [-0.2, 0) is 17.8 Å². The highest BCUT2D eigenvalue weighted by molar-refractivity contribution is 7.12. The molecule has 0 saturated heterocycles. The number of hydrogen-bond acceptors (Lipinski definition) is 7. The number of aryl methyl sites for hydroxylation is 2. The number of carbonyl (C=O) groups excluding carboxylic acids is 2. The molecule has 0 aliphatic rings. The van der Waals surface area contributed by atoms with Crippen LogP contribution in [0.4, 0.5) is 11.4 Å². The monoisotopic (exact) mass is 476 g/mol. The summed E-state index contributed by atoms with van der Waals surface area (Å²) in [7, 11) is 0. The van der Waals surface area contributed by atoms with Gasteiger partial charge in [0.15, 0.2) is 0 Å². The molecule has 0 spiro atoms. The second-order valence-corrected chi connectivity index (χ2v) is 10.3. The first-order valence-corrected chi connectivity index (χ1v) is 12.1. The second-order valence-electron chi connectivity index (χ2n) is 7.56. The average molecular weight is 477 g/mol. The van der Waals surface area contributed by atoms with Gasteiger partial charge in [-0.25, -0.2) is 9.59 Å². The van der Waals surface area contributed by atoms with E-state index in [0.29, 0.717) is 11.1 Å². The van der Waals surface area contributed by atoms with Gasteiger partial charge in [-0.3, -0.25) is 0 Å². The Kier molecular flexibility index (Phi) is 7.22. The van der Waals surface area contributed by atoms with Gasteiger partial charge in [-0.2, -0.15) is 0 Å². The first-order chi connectivity index (χ1) is 16.0. The summed E-state index contributed by atoms with van der Waals surface area (Å²) in [6.45, 7) is 5.60. The maximum atomic E-state index is 12.4. The number of ether oxygens (including phenoxy) is 1. The molecule has 4 rings (SSSR count). The minimum Gasteiger partial charge on any atom is -0.386 e. The number of hydrogen-bond donors (Lipinski definition) is 2. The van der Waals surface area contributed by atoms with Gasteiger partial charge in [-0.1, -0.05) is 0 Å². The van der Waals surface area contributed by atoms with E-state index in [2.05, 4.69) is 48.7 Å². The van der Waals surface area contributed by atoms with Crippen molar-refractivity contribution in [3.05, 3.63) is 103 Å². The molecule has 0 atom stereocenters. The van der Waals surface area contributed by atoms with E-state index >= 15 is 0 Å². The van der Waals surface area contributed by atoms with Crippen molar-refractivity contribution in [2.24, 2.45) is 0 Å².